The number of amides is 1. The molecule has 5 heteroatoms. The zero-order valence-electron chi connectivity index (χ0n) is 11.5. The minimum Gasteiger partial charge on any atom is -0.489 e. The molecule has 0 aliphatic carbocycles. The second-order valence-electron chi connectivity index (χ2n) is 4.64. The van der Waals surface area contributed by atoms with Gasteiger partial charge in [0.05, 0.1) is 6.54 Å². The van der Waals surface area contributed by atoms with Crippen LogP contribution in [0.15, 0.2) is 48.5 Å². The second kappa shape index (κ2) is 7.40. The maximum absolute atomic E-state index is 13.1. The molecule has 0 unspecified atom stereocenters. The van der Waals surface area contributed by atoms with E-state index in [1.54, 1.807) is 12.1 Å². The van der Waals surface area contributed by atoms with Gasteiger partial charge in [-0.05, 0) is 35.4 Å². The average Bonchev–Trinajstić information content (AvgIpc) is 2.45. The van der Waals surface area contributed by atoms with E-state index in [0.29, 0.717) is 18.9 Å². The average molecular weight is 288 g/mol. The van der Waals surface area contributed by atoms with Gasteiger partial charge in [0.15, 0.2) is 0 Å². The quantitative estimate of drug-likeness (QED) is 0.819. The van der Waals surface area contributed by atoms with E-state index in [1.807, 2.05) is 24.3 Å². The van der Waals surface area contributed by atoms with Crippen LogP contribution < -0.4 is 15.8 Å². The highest BCUT2D eigenvalue weighted by Gasteiger charge is 2.00. The van der Waals surface area contributed by atoms with Crippen molar-refractivity contribution >= 4 is 5.91 Å². The molecule has 0 bridgehead atoms. The molecule has 0 atom stereocenters. The highest BCUT2D eigenvalue weighted by Crippen LogP contribution is 2.15. The summed E-state index contributed by atoms with van der Waals surface area (Å²) in [6, 6.07) is 13.8. The molecule has 110 valence electrons. The number of carbonyl (C=O) groups excluding carboxylic acids is 1. The summed E-state index contributed by atoms with van der Waals surface area (Å²) in [4.78, 5) is 10.6. The van der Waals surface area contributed by atoms with Crippen LogP contribution in [0, 0.1) is 5.82 Å². The number of hydrogen-bond donors (Lipinski definition) is 2. The van der Waals surface area contributed by atoms with Crippen LogP contribution in [0.4, 0.5) is 4.39 Å². The lowest BCUT2D eigenvalue weighted by molar-refractivity contribution is -0.117. The molecule has 0 heterocycles. The molecule has 4 nitrogen and oxygen atoms in total. The monoisotopic (exact) mass is 288 g/mol. The van der Waals surface area contributed by atoms with Crippen LogP contribution in [0.1, 0.15) is 11.1 Å². The fourth-order valence-electron chi connectivity index (χ4n) is 1.87. The summed E-state index contributed by atoms with van der Waals surface area (Å²) >= 11 is 0. The Kier molecular flexibility index (Phi) is 5.29. The molecule has 0 spiro atoms. The van der Waals surface area contributed by atoms with Gasteiger partial charge in [0, 0.05) is 6.54 Å². The summed E-state index contributed by atoms with van der Waals surface area (Å²) < 4.78 is 18.7. The van der Waals surface area contributed by atoms with E-state index < -0.39 is 5.91 Å². The number of benzene rings is 2. The van der Waals surface area contributed by atoms with Crippen molar-refractivity contribution in [3.8, 4) is 5.75 Å². The molecule has 0 aliphatic heterocycles. The maximum atomic E-state index is 13.1. The van der Waals surface area contributed by atoms with Crippen molar-refractivity contribution in [3.05, 3.63) is 65.5 Å². The van der Waals surface area contributed by atoms with Crippen LogP contribution in [0.3, 0.4) is 0 Å². The van der Waals surface area contributed by atoms with Crippen molar-refractivity contribution in [2.45, 2.75) is 13.2 Å². The molecule has 21 heavy (non-hydrogen) atoms. The first-order chi connectivity index (χ1) is 10.1. The van der Waals surface area contributed by atoms with Crippen LogP contribution in [0.25, 0.3) is 0 Å². The molecule has 1 amide bonds. The molecule has 2 aromatic rings. The number of nitrogens with two attached hydrogens (primary N) is 1. The number of rotatable bonds is 7. The fraction of sp³-hybridized carbons (Fsp3) is 0.188. The predicted octanol–water partition coefficient (Wildman–Crippen LogP) is 1.98. The molecule has 0 fully saturated rings. The standard InChI is InChI=1S/C16H17FN2O2/c17-14-5-1-4-13(7-14)11-21-15-6-2-3-12(8-15)9-19-10-16(18)20/h1-8,19H,9-11H2,(H2,18,20). The van der Waals surface area contributed by atoms with E-state index in [4.69, 9.17) is 10.5 Å². The van der Waals surface area contributed by atoms with Gasteiger partial charge in [0.25, 0.3) is 0 Å². The number of hydrogen-bond acceptors (Lipinski definition) is 3. The van der Waals surface area contributed by atoms with Crippen LogP contribution in [0.2, 0.25) is 0 Å². The Morgan fingerprint density at radius 3 is 2.67 bits per heavy atom. The van der Waals surface area contributed by atoms with Crippen LogP contribution in [-0.4, -0.2) is 12.5 Å². The Hall–Kier alpha value is -2.40. The molecule has 0 radical (unpaired) electrons. The molecule has 2 rings (SSSR count). The minimum absolute atomic E-state index is 0.133. The normalized spacial score (nSPS) is 10.3. The van der Waals surface area contributed by atoms with Gasteiger partial charge in [-0.15, -0.1) is 0 Å². The number of nitrogens with one attached hydrogen (secondary N) is 1. The number of halogens is 1. The number of ether oxygens (including phenoxy) is 1. The lowest BCUT2D eigenvalue weighted by Gasteiger charge is -2.09. The minimum atomic E-state index is -0.395. The lowest BCUT2D eigenvalue weighted by Crippen LogP contribution is -2.28. The first-order valence-corrected chi connectivity index (χ1v) is 6.59. The van der Waals surface area contributed by atoms with E-state index in [2.05, 4.69) is 5.32 Å². The van der Waals surface area contributed by atoms with Crippen molar-refractivity contribution in [2.24, 2.45) is 5.73 Å². The van der Waals surface area contributed by atoms with Gasteiger partial charge < -0.3 is 15.8 Å². The zero-order valence-corrected chi connectivity index (χ0v) is 11.5. The summed E-state index contributed by atoms with van der Waals surface area (Å²) in [5, 5.41) is 2.93. The molecule has 0 aliphatic rings. The van der Waals surface area contributed by atoms with E-state index in [1.165, 1.54) is 12.1 Å². The SMILES string of the molecule is NC(=O)CNCc1cccc(OCc2cccc(F)c2)c1. The highest BCUT2D eigenvalue weighted by atomic mass is 19.1. The van der Waals surface area contributed by atoms with E-state index in [-0.39, 0.29) is 12.4 Å². The molecule has 0 saturated carbocycles. The van der Waals surface area contributed by atoms with Crippen molar-refractivity contribution in [1.82, 2.24) is 5.32 Å². The fourth-order valence-corrected chi connectivity index (χ4v) is 1.87. The molecule has 3 N–H and O–H groups in total. The van der Waals surface area contributed by atoms with Crippen LogP contribution in [0.5, 0.6) is 5.75 Å². The maximum Gasteiger partial charge on any atom is 0.231 e. The first kappa shape index (κ1) is 15.0. The zero-order chi connectivity index (χ0) is 15.1. The van der Waals surface area contributed by atoms with Crippen LogP contribution >= 0.6 is 0 Å². The summed E-state index contributed by atoms with van der Waals surface area (Å²) in [5.74, 6) is 0.0200. The summed E-state index contributed by atoms with van der Waals surface area (Å²) in [6.07, 6.45) is 0. The third kappa shape index (κ3) is 5.24. The largest absolute Gasteiger partial charge is 0.489 e. The third-order valence-corrected chi connectivity index (χ3v) is 2.82. The van der Waals surface area contributed by atoms with Crippen molar-refractivity contribution in [3.63, 3.8) is 0 Å². The highest BCUT2D eigenvalue weighted by molar-refractivity contribution is 5.75. The summed E-state index contributed by atoms with van der Waals surface area (Å²) in [6.45, 7) is 0.963. The molecule has 0 aromatic heterocycles. The second-order valence-corrected chi connectivity index (χ2v) is 4.64. The number of carbonyl (C=O) groups is 1. The molecule has 0 saturated heterocycles. The molecule has 2 aromatic carbocycles. The molecular formula is C16H17FN2O2. The Morgan fingerprint density at radius 2 is 1.90 bits per heavy atom. The Labute approximate surface area is 122 Å². The van der Waals surface area contributed by atoms with Crippen molar-refractivity contribution in [1.29, 1.82) is 0 Å². The van der Waals surface area contributed by atoms with E-state index in [0.717, 1.165) is 11.1 Å². The Balaban J connectivity index is 1.90. The van der Waals surface area contributed by atoms with Gasteiger partial charge >= 0.3 is 0 Å². The van der Waals surface area contributed by atoms with Crippen LogP contribution in [-0.2, 0) is 17.9 Å². The van der Waals surface area contributed by atoms with Gasteiger partial charge in [0.1, 0.15) is 18.2 Å². The van der Waals surface area contributed by atoms with Gasteiger partial charge in [-0.1, -0.05) is 24.3 Å². The van der Waals surface area contributed by atoms with Gasteiger partial charge in [-0.2, -0.15) is 0 Å². The molecular weight excluding hydrogens is 271 g/mol. The summed E-state index contributed by atoms with van der Waals surface area (Å²) in [7, 11) is 0. The topological polar surface area (TPSA) is 64.4 Å². The van der Waals surface area contributed by atoms with Crippen molar-refractivity contribution < 1.29 is 13.9 Å². The van der Waals surface area contributed by atoms with Gasteiger partial charge in [-0.25, -0.2) is 4.39 Å². The Morgan fingerprint density at radius 1 is 1.14 bits per heavy atom. The lowest BCUT2D eigenvalue weighted by atomic mass is 10.2. The number of primary amides is 1. The third-order valence-electron chi connectivity index (χ3n) is 2.82. The van der Waals surface area contributed by atoms with Gasteiger partial charge in [-0.3, -0.25) is 4.79 Å². The van der Waals surface area contributed by atoms with Gasteiger partial charge in [0.2, 0.25) is 5.91 Å². The summed E-state index contributed by atoms with van der Waals surface area (Å²) in [5.41, 5.74) is 6.80. The Bertz CT molecular complexity index is 617. The first-order valence-electron chi connectivity index (χ1n) is 6.59. The predicted molar refractivity (Wildman–Crippen MR) is 78.1 cm³/mol. The van der Waals surface area contributed by atoms with E-state index >= 15 is 0 Å². The van der Waals surface area contributed by atoms with Crippen molar-refractivity contribution in [2.75, 3.05) is 6.54 Å². The van der Waals surface area contributed by atoms with E-state index in [9.17, 15) is 9.18 Å². The smallest absolute Gasteiger partial charge is 0.231 e.